The van der Waals surface area contributed by atoms with Crippen molar-refractivity contribution in [3.8, 4) is 0 Å². The predicted molar refractivity (Wildman–Crippen MR) is 32.7 cm³/mol. The van der Waals surface area contributed by atoms with E-state index in [0.717, 1.165) is 0 Å². The first-order valence-electron chi connectivity index (χ1n) is 2.91. The molecule has 0 heterocycles. The van der Waals surface area contributed by atoms with Crippen LogP contribution in [0.5, 0.6) is 0 Å². The highest BCUT2D eigenvalue weighted by Gasteiger charge is 2.45. The summed E-state index contributed by atoms with van der Waals surface area (Å²) in [6.45, 7) is 1.97. The Morgan fingerprint density at radius 2 is 1.78 bits per heavy atom. The van der Waals surface area contributed by atoms with Crippen molar-refractivity contribution in [1.29, 1.82) is 0 Å². The molecule has 0 atom stereocenters. The first kappa shape index (κ1) is 6.32. The maximum absolute atomic E-state index is 9.94. The zero-order chi connectivity index (χ0) is 6.91. The van der Waals surface area contributed by atoms with Crippen LogP contribution in [0.25, 0.3) is 0 Å². The van der Waals surface area contributed by atoms with Gasteiger partial charge >= 0.3 is 0 Å². The second kappa shape index (κ2) is 1.86. The lowest BCUT2D eigenvalue weighted by Crippen LogP contribution is -2.38. The summed E-state index contributed by atoms with van der Waals surface area (Å²) in [6.07, 6.45) is 1.06. The number of hydrogen-bond acceptors (Lipinski definition) is 4. The fourth-order valence-electron chi connectivity index (χ4n) is 1.22. The highest BCUT2D eigenvalue weighted by atomic mass is 16.3. The van der Waals surface area contributed by atoms with Gasteiger partial charge in [-0.25, -0.2) is 0 Å². The van der Waals surface area contributed by atoms with Gasteiger partial charge in [-0.05, 0) is 16.3 Å². The average Bonchev–Trinajstić information content (AvgIpc) is 1.81. The number of hydrogen-bond donors (Lipinski definition) is 0. The van der Waals surface area contributed by atoms with Crippen LogP contribution < -0.4 is 0 Å². The molecular formula is C5H8N2O2. The molecule has 0 spiro atoms. The third-order valence-corrected chi connectivity index (χ3v) is 1.69. The molecule has 0 bridgehead atoms. The van der Waals surface area contributed by atoms with Gasteiger partial charge in [0.15, 0.2) is 0 Å². The first-order valence-corrected chi connectivity index (χ1v) is 2.91. The molecule has 4 heteroatoms. The summed E-state index contributed by atoms with van der Waals surface area (Å²) in [6, 6.07) is 0. The molecule has 0 unspecified atom stereocenters. The summed E-state index contributed by atoms with van der Waals surface area (Å²) in [5.74, 6) is 0.431. The zero-order valence-corrected chi connectivity index (χ0v) is 5.20. The Hall–Kier alpha value is -0.800. The van der Waals surface area contributed by atoms with Gasteiger partial charge in [0, 0.05) is 12.8 Å². The fraction of sp³-hybridized carbons (Fsp3) is 1.00. The third kappa shape index (κ3) is 0.843. The molecule has 0 aliphatic heterocycles. The van der Waals surface area contributed by atoms with Gasteiger partial charge in [0.1, 0.15) is 0 Å². The summed E-state index contributed by atoms with van der Waals surface area (Å²) in [5.41, 5.74) is -1.08. The lowest BCUT2D eigenvalue weighted by molar-refractivity contribution is 0.172. The molecule has 0 amide bonds. The van der Waals surface area contributed by atoms with Crippen molar-refractivity contribution in [2.45, 2.75) is 25.4 Å². The Kier molecular flexibility index (Phi) is 1.31. The molecule has 0 radical (unpaired) electrons. The van der Waals surface area contributed by atoms with Gasteiger partial charge in [-0.2, -0.15) is 0 Å². The normalized spacial score (nSPS) is 24.6. The van der Waals surface area contributed by atoms with E-state index in [-0.39, 0.29) is 0 Å². The Labute approximate surface area is 52.6 Å². The van der Waals surface area contributed by atoms with Gasteiger partial charge in [-0.3, -0.25) is 0 Å². The van der Waals surface area contributed by atoms with E-state index in [1.165, 1.54) is 0 Å². The van der Waals surface area contributed by atoms with Crippen LogP contribution in [0, 0.1) is 15.7 Å². The molecule has 0 saturated heterocycles. The highest BCUT2D eigenvalue weighted by molar-refractivity contribution is 4.96. The van der Waals surface area contributed by atoms with Crippen LogP contribution in [0.3, 0.4) is 0 Å². The van der Waals surface area contributed by atoms with E-state index >= 15 is 0 Å². The van der Waals surface area contributed by atoms with E-state index < -0.39 is 5.66 Å². The quantitative estimate of drug-likeness (QED) is 0.531. The van der Waals surface area contributed by atoms with Crippen LogP contribution in [-0.2, 0) is 0 Å². The Balaban J connectivity index is 2.54. The first-order chi connectivity index (χ1) is 4.22. The van der Waals surface area contributed by atoms with Crippen molar-refractivity contribution >= 4 is 0 Å². The third-order valence-electron chi connectivity index (χ3n) is 1.69. The molecule has 1 fully saturated rings. The minimum absolute atomic E-state index is 0.431. The molecule has 1 aliphatic carbocycles. The van der Waals surface area contributed by atoms with E-state index in [0.29, 0.717) is 18.8 Å². The fourth-order valence-corrected chi connectivity index (χ4v) is 1.22. The van der Waals surface area contributed by atoms with E-state index in [2.05, 4.69) is 10.4 Å². The van der Waals surface area contributed by atoms with Gasteiger partial charge in [0.05, 0.1) is 0 Å². The van der Waals surface area contributed by atoms with E-state index in [4.69, 9.17) is 0 Å². The molecular weight excluding hydrogens is 120 g/mol. The minimum atomic E-state index is -1.08. The number of nitroso groups, excluding NO2 is 2. The van der Waals surface area contributed by atoms with Gasteiger partial charge < -0.3 is 0 Å². The second-order valence-corrected chi connectivity index (χ2v) is 2.68. The Morgan fingerprint density at radius 1 is 1.33 bits per heavy atom. The highest BCUT2D eigenvalue weighted by Crippen LogP contribution is 2.41. The molecule has 1 rings (SSSR count). The van der Waals surface area contributed by atoms with Gasteiger partial charge in [-0.1, -0.05) is 6.92 Å². The minimum Gasteiger partial charge on any atom is -0.148 e. The lowest BCUT2D eigenvalue weighted by atomic mass is 9.77. The lowest BCUT2D eigenvalue weighted by Gasteiger charge is -2.33. The summed E-state index contributed by atoms with van der Waals surface area (Å²) in [5, 5.41) is 5.33. The molecule has 0 N–H and O–H groups in total. The molecule has 9 heavy (non-hydrogen) atoms. The van der Waals surface area contributed by atoms with Crippen LogP contribution in [-0.4, -0.2) is 5.66 Å². The van der Waals surface area contributed by atoms with Crippen molar-refractivity contribution in [2.75, 3.05) is 0 Å². The molecule has 0 aromatic carbocycles. The SMILES string of the molecule is CC1CC(N=O)(N=O)C1. The molecule has 4 nitrogen and oxygen atoms in total. The summed E-state index contributed by atoms with van der Waals surface area (Å²) in [7, 11) is 0. The summed E-state index contributed by atoms with van der Waals surface area (Å²) >= 11 is 0. The Bertz CT molecular complexity index is 130. The van der Waals surface area contributed by atoms with Crippen molar-refractivity contribution in [1.82, 2.24) is 0 Å². The average molecular weight is 128 g/mol. The zero-order valence-electron chi connectivity index (χ0n) is 5.20. The maximum atomic E-state index is 9.94. The van der Waals surface area contributed by atoms with Crippen molar-refractivity contribution in [2.24, 2.45) is 16.3 Å². The van der Waals surface area contributed by atoms with Crippen molar-refractivity contribution in [3.05, 3.63) is 9.81 Å². The monoisotopic (exact) mass is 128 g/mol. The van der Waals surface area contributed by atoms with Crippen LogP contribution in [0.15, 0.2) is 10.4 Å². The molecule has 50 valence electrons. The van der Waals surface area contributed by atoms with Gasteiger partial charge in [0.25, 0.3) is 0 Å². The van der Waals surface area contributed by atoms with E-state index in [1.807, 2.05) is 6.92 Å². The van der Waals surface area contributed by atoms with E-state index in [9.17, 15) is 9.81 Å². The van der Waals surface area contributed by atoms with Gasteiger partial charge in [-0.15, -0.1) is 9.81 Å². The van der Waals surface area contributed by atoms with Crippen LogP contribution in [0.1, 0.15) is 19.8 Å². The molecule has 0 aromatic rings. The van der Waals surface area contributed by atoms with E-state index in [1.54, 1.807) is 0 Å². The van der Waals surface area contributed by atoms with Crippen molar-refractivity contribution < 1.29 is 0 Å². The predicted octanol–water partition coefficient (Wildman–Crippen LogP) is 1.65. The molecule has 1 saturated carbocycles. The standard InChI is InChI=1S/C5H8N2O2/c1-4-2-5(3-4,6-8)7-9/h4H,2-3H2,1H3. The van der Waals surface area contributed by atoms with Crippen LogP contribution >= 0.6 is 0 Å². The number of nitrogens with zero attached hydrogens (tertiary/aromatic N) is 2. The largest absolute Gasteiger partial charge is 0.232 e. The molecule has 0 aromatic heterocycles. The van der Waals surface area contributed by atoms with Gasteiger partial charge in [0.2, 0.25) is 5.66 Å². The van der Waals surface area contributed by atoms with Crippen LogP contribution in [0.2, 0.25) is 0 Å². The Morgan fingerprint density at radius 3 is 1.89 bits per heavy atom. The second-order valence-electron chi connectivity index (χ2n) is 2.68. The smallest absolute Gasteiger partial charge is 0.148 e. The molecule has 1 aliphatic rings. The topological polar surface area (TPSA) is 58.9 Å². The maximum Gasteiger partial charge on any atom is 0.232 e. The summed E-state index contributed by atoms with van der Waals surface area (Å²) in [4.78, 5) is 19.9. The number of rotatable bonds is 2. The van der Waals surface area contributed by atoms with Crippen molar-refractivity contribution in [3.63, 3.8) is 0 Å². The van der Waals surface area contributed by atoms with Crippen LogP contribution in [0.4, 0.5) is 0 Å². The summed E-state index contributed by atoms with van der Waals surface area (Å²) < 4.78 is 0.